The summed E-state index contributed by atoms with van der Waals surface area (Å²) in [5.41, 5.74) is 0. The minimum atomic E-state index is 0.836. The summed E-state index contributed by atoms with van der Waals surface area (Å²) >= 11 is 0. The van der Waals surface area contributed by atoms with E-state index in [-0.39, 0.29) is 0 Å². The van der Waals surface area contributed by atoms with E-state index >= 15 is 0 Å². The summed E-state index contributed by atoms with van der Waals surface area (Å²) in [6.45, 7) is 9.47. The molecule has 0 aromatic carbocycles. The second-order valence-corrected chi connectivity index (χ2v) is 4.72. The van der Waals surface area contributed by atoms with Gasteiger partial charge in [-0.05, 0) is 57.3 Å². The highest BCUT2D eigenvalue weighted by Crippen LogP contribution is 2.13. The predicted octanol–water partition coefficient (Wildman–Crippen LogP) is 2.01. The standard InChI is InChI=1S/C12H26N2/c1-3-11(2)9-13-7-4-5-12-6-8-14-10-12/h11-14H,3-10H2,1-2H3. The van der Waals surface area contributed by atoms with Crippen LogP contribution in [-0.4, -0.2) is 26.2 Å². The monoisotopic (exact) mass is 198 g/mol. The van der Waals surface area contributed by atoms with Crippen molar-refractivity contribution in [2.24, 2.45) is 11.8 Å². The molecule has 0 aromatic rings. The average molecular weight is 198 g/mol. The maximum Gasteiger partial charge on any atom is -0.00200 e. The fourth-order valence-corrected chi connectivity index (χ4v) is 1.97. The molecule has 1 rings (SSSR count). The lowest BCUT2D eigenvalue weighted by Gasteiger charge is -2.11. The van der Waals surface area contributed by atoms with Gasteiger partial charge in [-0.25, -0.2) is 0 Å². The molecule has 2 N–H and O–H groups in total. The Morgan fingerprint density at radius 1 is 1.50 bits per heavy atom. The third kappa shape index (κ3) is 4.97. The molecule has 1 heterocycles. The van der Waals surface area contributed by atoms with E-state index in [9.17, 15) is 0 Å². The zero-order chi connectivity index (χ0) is 10.2. The van der Waals surface area contributed by atoms with Crippen LogP contribution >= 0.6 is 0 Å². The fraction of sp³-hybridized carbons (Fsp3) is 1.00. The number of hydrogen-bond donors (Lipinski definition) is 2. The Kier molecular flexibility index (Phi) is 6.20. The van der Waals surface area contributed by atoms with E-state index in [1.54, 1.807) is 0 Å². The lowest BCUT2D eigenvalue weighted by Crippen LogP contribution is -2.22. The summed E-state index contributed by atoms with van der Waals surface area (Å²) in [5.74, 6) is 1.79. The van der Waals surface area contributed by atoms with Crippen LogP contribution in [0.1, 0.15) is 39.5 Å². The summed E-state index contributed by atoms with van der Waals surface area (Å²) < 4.78 is 0. The highest BCUT2D eigenvalue weighted by molar-refractivity contribution is 4.71. The van der Waals surface area contributed by atoms with Crippen LogP contribution in [0.5, 0.6) is 0 Å². The molecule has 2 atom stereocenters. The molecule has 0 radical (unpaired) electrons. The average Bonchev–Trinajstić information content (AvgIpc) is 2.69. The van der Waals surface area contributed by atoms with Gasteiger partial charge in [0.15, 0.2) is 0 Å². The van der Waals surface area contributed by atoms with E-state index in [0.717, 1.165) is 11.8 Å². The largest absolute Gasteiger partial charge is 0.316 e. The van der Waals surface area contributed by atoms with Crippen molar-refractivity contribution in [2.75, 3.05) is 26.2 Å². The number of nitrogens with one attached hydrogen (secondary N) is 2. The van der Waals surface area contributed by atoms with Crippen LogP contribution in [0.3, 0.4) is 0 Å². The van der Waals surface area contributed by atoms with Crippen LogP contribution < -0.4 is 10.6 Å². The number of hydrogen-bond acceptors (Lipinski definition) is 2. The fourth-order valence-electron chi connectivity index (χ4n) is 1.97. The first kappa shape index (κ1) is 12.0. The maximum atomic E-state index is 3.54. The van der Waals surface area contributed by atoms with E-state index in [1.807, 2.05) is 0 Å². The zero-order valence-corrected chi connectivity index (χ0v) is 9.81. The van der Waals surface area contributed by atoms with Gasteiger partial charge in [0.2, 0.25) is 0 Å². The van der Waals surface area contributed by atoms with E-state index in [1.165, 1.54) is 51.9 Å². The van der Waals surface area contributed by atoms with E-state index in [0.29, 0.717) is 0 Å². The van der Waals surface area contributed by atoms with Gasteiger partial charge in [-0.1, -0.05) is 20.3 Å². The molecule has 2 heteroatoms. The Labute approximate surface area is 88.8 Å². The Bertz CT molecular complexity index is 130. The Hall–Kier alpha value is -0.0800. The molecule has 0 spiro atoms. The van der Waals surface area contributed by atoms with Crippen LogP contribution in [0.15, 0.2) is 0 Å². The second kappa shape index (κ2) is 7.24. The van der Waals surface area contributed by atoms with Crippen LogP contribution in [0.25, 0.3) is 0 Å². The van der Waals surface area contributed by atoms with Crippen molar-refractivity contribution < 1.29 is 0 Å². The summed E-state index contributed by atoms with van der Waals surface area (Å²) in [6, 6.07) is 0. The van der Waals surface area contributed by atoms with Gasteiger partial charge in [0.1, 0.15) is 0 Å². The highest BCUT2D eigenvalue weighted by atomic mass is 14.9. The Morgan fingerprint density at radius 3 is 3.00 bits per heavy atom. The van der Waals surface area contributed by atoms with Gasteiger partial charge in [0, 0.05) is 0 Å². The van der Waals surface area contributed by atoms with Gasteiger partial charge in [0.25, 0.3) is 0 Å². The summed E-state index contributed by atoms with van der Waals surface area (Å²) in [7, 11) is 0. The lowest BCUT2D eigenvalue weighted by molar-refractivity contribution is 0.460. The Morgan fingerprint density at radius 2 is 2.36 bits per heavy atom. The molecule has 84 valence electrons. The van der Waals surface area contributed by atoms with Gasteiger partial charge in [0.05, 0.1) is 0 Å². The van der Waals surface area contributed by atoms with Crippen LogP contribution in [0.4, 0.5) is 0 Å². The molecule has 2 unspecified atom stereocenters. The third-order valence-corrected chi connectivity index (χ3v) is 3.32. The van der Waals surface area contributed by atoms with Crippen LogP contribution in [0, 0.1) is 11.8 Å². The first-order chi connectivity index (χ1) is 6.83. The molecule has 0 amide bonds. The zero-order valence-electron chi connectivity index (χ0n) is 9.81. The minimum absolute atomic E-state index is 0.836. The van der Waals surface area contributed by atoms with Crippen molar-refractivity contribution in [1.82, 2.24) is 10.6 Å². The molecule has 1 fully saturated rings. The minimum Gasteiger partial charge on any atom is -0.316 e. The summed E-state index contributed by atoms with van der Waals surface area (Å²) in [6.07, 6.45) is 5.44. The van der Waals surface area contributed by atoms with E-state index < -0.39 is 0 Å². The van der Waals surface area contributed by atoms with Crippen LogP contribution in [-0.2, 0) is 0 Å². The molecule has 0 aromatic heterocycles. The van der Waals surface area contributed by atoms with Crippen molar-refractivity contribution in [1.29, 1.82) is 0 Å². The second-order valence-electron chi connectivity index (χ2n) is 4.72. The molecule has 0 aliphatic carbocycles. The molecule has 1 aliphatic heterocycles. The molecule has 1 aliphatic rings. The smallest absolute Gasteiger partial charge is 0.00200 e. The molecular weight excluding hydrogens is 172 g/mol. The van der Waals surface area contributed by atoms with Crippen molar-refractivity contribution in [2.45, 2.75) is 39.5 Å². The van der Waals surface area contributed by atoms with E-state index in [2.05, 4.69) is 24.5 Å². The Balaban J connectivity index is 1.84. The van der Waals surface area contributed by atoms with Gasteiger partial charge in [-0.3, -0.25) is 0 Å². The summed E-state index contributed by atoms with van der Waals surface area (Å²) in [5, 5.41) is 6.96. The topological polar surface area (TPSA) is 24.1 Å². The highest BCUT2D eigenvalue weighted by Gasteiger charge is 2.13. The predicted molar refractivity (Wildman–Crippen MR) is 62.5 cm³/mol. The third-order valence-electron chi connectivity index (χ3n) is 3.32. The molecular formula is C12H26N2. The first-order valence-corrected chi connectivity index (χ1v) is 6.24. The molecule has 1 saturated heterocycles. The first-order valence-electron chi connectivity index (χ1n) is 6.24. The quantitative estimate of drug-likeness (QED) is 0.612. The molecule has 0 saturated carbocycles. The SMILES string of the molecule is CCC(C)CNCCCC1CCNC1. The summed E-state index contributed by atoms with van der Waals surface area (Å²) in [4.78, 5) is 0. The maximum absolute atomic E-state index is 3.54. The van der Waals surface area contributed by atoms with Gasteiger partial charge in [-0.2, -0.15) is 0 Å². The van der Waals surface area contributed by atoms with Gasteiger partial charge >= 0.3 is 0 Å². The molecule has 2 nitrogen and oxygen atoms in total. The molecule has 0 bridgehead atoms. The van der Waals surface area contributed by atoms with Gasteiger partial charge < -0.3 is 10.6 Å². The van der Waals surface area contributed by atoms with Crippen molar-refractivity contribution in [3.63, 3.8) is 0 Å². The number of rotatable bonds is 7. The lowest BCUT2D eigenvalue weighted by atomic mass is 10.0. The normalized spacial score (nSPS) is 24.0. The van der Waals surface area contributed by atoms with Crippen molar-refractivity contribution >= 4 is 0 Å². The van der Waals surface area contributed by atoms with E-state index in [4.69, 9.17) is 0 Å². The van der Waals surface area contributed by atoms with Crippen molar-refractivity contribution in [3.8, 4) is 0 Å². The van der Waals surface area contributed by atoms with Crippen molar-refractivity contribution in [3.05, 3.63) is 0 Å². The molecule has 14 heavy (non-hydrogen) atoms. The van der Waals surface area contributed by atoms with Crippen LogP contribution in [0.2, 0.25) is 0 Å². The van der Waals surface area contributed by atoms with Gasteiger partial charge in [-0.15, -0.1) is 0 Å².